The Kier molecular flexibility index (Phi) is 8.15. The Morgan fingerprint density at radius 2 is 2.03 bits per heavy atom. The van der Waals surface area contributed by atoms with Crippen molar-refractivity contribution in [2.24, 2.45) is 0 Å². The first-order chi connectivity index (χ1) is 16.5. The number of para-hydroxylation sites is 1. The average Bonchev–Trinajstić information content (AvgIpc) is 3.23. The summed E-state index contributed by atoms with van der Waals surface area (Å²) >= 11 is -1.08. The Morgan fingerprint density at radius 3 is 2.76 bits per heavy atom. The Bertz CT molecular complexity index is 995. The van der Waals surface area contributed by atoms with E-state index in [9.17, 15) is 9.35 Å². The van der Waals surface area contributed by atoms with Gasteiger partial charge in [-0.05, 0) is 35.1 Å². The summed E-state index contributed by atoms with van der Waals surface area (Å²) in [4.78, 5) is 24.0. The van der Waals surface area contributed by atoms with E-state index in [-0.39, 0.29) is 12.0 Å². The molecule has 0 saturated carbocycles. The number of rotatable bonds is 9. The van der Waals surface area contributed by atoms with E-state index in [1.807, 2.05) is 6.07 Å². The van der Waals surface area contributed by atoms with E-state index in [2.05, 4.69) is 47.6 Å². The van der Waals surface area contributed by atoms with Crippen LogP contribution in [0.4, 0.5) is 11.8 Å². The van der Waals surface area contributed by atoms with Crippen molar-refractivity contribution >= 4 is 28.8 Å². The van der Waals surface area contributed by atoms with Gasteiger partial charge in [0, 0.05) is 52.4 Å². The van der Waals surface area contributed by atoms with Crippen molar-refractivity contribution in [3.63, 3.8) is 0 Å². The molecule has 2 N–H and O–H groups in total. The zero-order chi connectivity index (χ0) is 24.1. The summed E-state index contributed by atoms with van der Waals surface area (Å²) in [5, 5.41) is 5.95. The SMILES string of the molecule is CNC(=O)CCCNc1nc(N2CCC(Oc3ccccc3C(C)C)CC2)nc2c1[S+]([O-])CC2. The molecule has 34 heavy (non-hydrogen) atoms. The van der Waals surface area contributed by atoms with Crippen LogP contribution in [-0.4, -0.2) is 59.0 Å². The summed E-state index contributed by atoms with van der Waals surface area (Å²) in [7, 11) is 1.64. The Morgan fingerprint density at radius 1 is 1.26 bits per heavy atom. The van der Waals surface area contributed by atoms with Crippen LogP contribution >= 0.6 is 0 Å². The minimum atomic E-state index is -1.08. The molecule has 8 nitrogen and oxygen atoms in total. The highest BCUT2D eigenvalue weighted by atomic mass is 32.2. The number of amides is 1. The Balaban J connectivity index is 1.40. The molecule has 1 amide bonds. The largest absolute Gasteiger partial charge is 0.611 e. The molecule has 4 rings (SSSR count). The van der Waals surface area contributed by atoms with Gasteiger partial charge in [0.25, 0.3) is 0 Å². The summed E-state index contributed by atoms with van der Waals surface area (Å²) in [5.74, 6) is 3.34. The van der Waals surface area contributed by atoms with Crippen LogP contribution in [0.3, 0.4) is 0 Å². The fraction of sp³-hybridized carbons (Fsp3) is 0.560. The van der Waals surface area contributed by atoms with Gasteiger partial charge in [-0.15, -0.1) is 0 Å². The van der Waals surface area contributed by atoms with Crippen molar-refractivity contribution in [1.82, 2.24) is 15.3 Å². The third-order valence-electron chi connectivity index (χ3n) is 6.39. The van der Waals surface area contributed by atoms with Crippen LogP contribution in [0.2, 0.25) is 0 Å². The van der Waals surface area contributed by atoms with E-state index < -0.39 is 11.2 Å². The number of piperidine rings is 1. The van der Waals surface area contributed by atoms with Gasteiger partial charge in [0.05, 0.1) is 0 Å². The molecule has 3 heterocycles. The molecule has 1 unspecified atom stereocenters. The van der Waals surface area contributed by atoms with Crippen LogP contribution in [-0.2, 0) is 22.4 Å². The number of nitrogens with one attached hydrogen (secondary N) is 2. The minimum absolute atomic E-state index is 0.0140. The van der Waals surface area contributed by atoms with Crippen LogP contribution in [0.5, 0.6) is 5.75 Å². The lowest BCUT2D eigenvalue weighted by Gasteiger charge is -2.33. The molecule has 2 aromatic rings. The molecule has 1 aromatic carbocycles. The third-order valence-corrected chi connectivity index (χ3v) is 7.85. The molecule has 184 valence electrons. The second kappa shape index (κ2) is 11.3. The van der Waals surface area contributed by atoms with Gasteiger partial charge in [0.1, 0.15) is 23.3 Å². The zero-order valence-electron chi connectivity index (χ0n) is 20.3. The van der Waals surface area contributed by atoms with Gasteiger partial charge in [-0.25, -0.2) is 4.98 Å². The van der Waals surface area contributed by atoms with Crippen molar-refractivity contribution < 1.29 is 14.1 Å². The molecular weight excluding hydrogens is 450 g/mol. The number of anilines is 2. The van der Waals surface area contributed by atoms with Crippen LogP contribution in [0.1, 0.15) is 56.7 Å². The normalized spacial score (nSPS) is 18.1. The van der Waals surface area contributed by atoms with E-state index in [4.69, 9.17) is 14.7 Å². The number of ether oxygens (including phenoxy) is 1. The van der Waals surface area contributed by atoms with Crippen molar-refractivity contribution in [3.05, 3.63) is 35.5 Å². The first-order valence-corrected chi connectivity index (χ1v) is 13.5. The topological polar surface area (TPSA) is 102 Å². The third kappa shape index (κ3) is 5.75. The van der Waals surface area contributed by atoms with E-state index >= 15 is 0 Å². The van der Waals surface area contributed by atoms with Crippen molar-refractivity contribution in [2.45, 2.75) is 62.9 Å². The second-order valence-corrected chi connectivity index (χ2v) is 10.7. The number of hydrogen-bond acceptors (Lipinski definition) is 7. The lowest BCUT2D eigenvalue weighted by Crippen LogP contribution is -2.39. The molecule has 2 aliphatic rings. The molecular formula is C25H35N5O3S. The summed E-state index contributed by atoms with van der Waals surface area (Å²) in [6, 6.07) is 8.29. The predicted octanol–water partition coefficient (Wildman–Crippen LogP) is 3.25. The molecule has 0 aliphatic carbocycles. The summed E-state index contributed by atoms with van der Waals surface area (Å²) < 4.78 is 18.9. The summed E-state index contributed by atoms with van der Waals surface area (Å²) in [6.45, 7) is 6.60. The Labute approximate surface area is 205 Å². The van der Waals surface area contributed by atoms with Crippen molar-refractivity contribution in [2.75, 3.05) is 42.7 Å². The Hall–Kier alpha value is -2.52. The standard InChI is InChI=1S/C25H35N5O3S/c1-17(2)19-7-4-5-8-21(19)33-18-10-14-30(15-11-18)25-28-20-12-16-34(32)23(20)24(29-25)27-13-6-9-22(31)26-3/h4-5,7-8,17-18H,6,9-16H2,1-3H3,(H,26,31)(H,27,28,29). The molecule has 2 aliphatic heterocycles. The molecule has 9 heteroatoms. The highest BCUT2D eigenvalue weighted by molar-refractivity contribution is 7.91. The first kappa shape index (κ1) is 24.6. The average molecular weight is 486 g/mol. The molecule has 1 fully saturated rings. The van der Waals surface area contributed by atoms with Gasteiger partial charge < -0.3 is 24.8 Å². The van der Waals surface area contributed by atoms with E-state index in [1.165, 1.54) is 5.56 Å². The highest BCUT2D eigenvalue weighted by Gasteiger charge is 2.33. The van der Waals surface area contributed by atoms with Gasteiger partial charge in [0.2, 0.25) is 16.8 Å². The van der Waals surface area contributed by atoms with Gasteiger partial charge in [-0.2, -0.15) is 4.98 Å². The summed E-state index contributed by atoms with van der Waals surface area (Å²) in [6.07, 6.45) is 3.79. The molecule has 1 saturated heterocycles. The summed E-state index contributed by atoms with van der Waals surface area (Å²) in [5.41, 5.74) is 2.12. The first-order valence-electron chi connectivity index (χ1n) is 12.2. The maximum absolute atomic E-state index is 12.5. The van der Waals surface area contributed by atoms with E-state index in [0.29, 0.717) is 49.2 Å². The molecule has 0 bridgehead atoms. The van der Waals surface area contributed by atoms with Crippen LogP contribution < -0.4 is 20.3 Å². The number of hydrogen-bond donors (Lipinski definition) is 2. The van der Waals surface area contributed by atoms with Gasteiger partial charge in [0.15, 0.2) is 5.82 Å². The smallest absolute Gasteiger partial charge is 0.227 e. The van der Waals surface area contributed by atoms with Crippen LogP contribution in [0.15, 0.2) is 29.2 Å². The number of benzene rings is 1. The fourth-order valence-corrected chi connectivity index (χ4v) is 5.77. The monoisotopic (exact) mass is 485 g/mol. The second-order valence-electron chi connectivity index (χ2n) is 9.15. The molecule has 0 spiro atoms. The minimum Gasteiger partial charge on any atom is -0.611 e. The number of aromatic nitrogens is 2. The number of aryl methyl sites for hydroxylation is 1. The predicted molar refractivity (Wildman–Crippen MR) is 135 cm³/mol. The number of nitrogens with zero attached hydrogens (tertiary/aromatic N) is 3. The molecule has 1 atom stereocenters. The van der Waals surface area contributed by atoms with Gasteiger partial charge in [-0.3, -0.25) is 4.79 Å². The van der Waals surface area contributed by atoms with Crippen LogP contribution in [0.25, 0.3) is 0 Å². The van der Waals surface area contributed by atoms with Crippen molar-refractivity contribution in [1.29, 1.82) is 0 Å². The number of fused-ring (bicyclic) bond motifs is 1. The number of carbonyl (C=O) groups is 1. The van der Waals surface area contributed by atoms with Gasteiger partial charge >= 0.3 is 0 Å². The maximum atomic E-state index is 12.5. The lowest BCUT2D eigenvalue weighted by molar-refractivity contribution is -0.120. The maximum Gasteiger partial charge on any atom is 0.227 e. The quantitative estimate of drug-likeness (QED) is 0.415. The van der Waals surface area contributed by atoms with Crippen LogP contribution in [0, 0.1) is 0 Å². The molecule has 1 aromatic heterocycles. The van der Waals surface area contributed by atoms with E-state index in [1.54, 1.807) is 7.05 Å². The number of carbonyl (C=O) groups excluding carboxylic acids is 1. The zero-order valence-corrected chi connectivity index (χ0v) is 21.1. The van der Waals surface area contributed by atoms with Gasteiger partial charge in [-0.1, -0.05) is 32.0 Å². The van der Waals surface area contributed by atoms with Crippen molar-refractivity contribution in [3.8, 4) is 5.75 Å². The fourth-order valence-electron chi connectivity index (χ4n) is 4.44. The highest BCUT2D eigenvalue weighted by Crippen LogP contribution is 2.33. The lowest BCUT2D eigenvalue weighted by atomic mass is 10.0. The van der Waals surface area contributed by atoms with E-state index in [0.717, 1.165) is 42.3 Å². The molecule has 0 radical (unpaired) electrons.